The number of benzene rings is 1. The molecule has 4 nitrogen and oxygen atoms in total. The second-order valence-electron chi connectivity index (χ2n) is 3.59. The van der Waals surface area contributed by atoms with Gasteiger partial charge >= 0.3 is 0 Å². The van der Waals surface area contributed by atoms with Crippen LogP contribution in [0.1, 0.15) is 16.1 Å². The van der Waals surface area contributed by atoms with E-state index in [4.69, 9.17) is 4.74 Å². The third kappa shape index (κ3) is 2.87. The topological polar surface area (TPSA) is 52.1 Å². The molecule has 1 aromatic carbocycles. The Morgan fingerprint density at radius 1 is 1.28 bits per heavy atom. The summed E-state index contributed by atoms with van der Waals surface area (Å²) in [6.45, 7) is 1.87. The predicted molar refractivity (Wildman–Crippen MR) is 70.5 cm³/mol. The van der Waals surface area contributed by atoms with Crippen LogP contribution < -0.4 is 4.74 Å². The van der Waals surface area contributed by atoms with E-state index in [0.29, 0.717) is 22.3 Å². The third-order valence-electron chi connectivity index (χ3n) is 2.25. The van der Waals surface area contributed by atoms with E-state index in [9.17, 15) is 4.79 Å². The highest BCUT2D eigenvalue weighted by molar-refractivity contribution is 7.98. The van der Waals surface area contributed by atoms with E-state index in [0.717, 1.165) is 12.0 Å². The monoisotopic (exact) mass is 260 g/mol. The summed E-state index contributed by atoms with van der Waals surface area (Å²) in [5, 5.41) is 0.647. The number of aldehydes is 1. The van der Waals surface area contributed by atoms with Gasteiger partial charge < -0.3 is 4.74 Å². The fraction of sp³-hybridized carbons (Fsp3) is 0.154. The highest BCUT2D eigenvalue weighted by Gasteiger charge is 2.06. The smallest absolute Gasteiger partial charge is 0.223 e. The first-order valence-electron chi connectivity index (χ1n) is 5.34. The van der Waals surface area contributed by atoms with Gasteiger partial charge in [0.1, 0.15) is 5.75 Å². The van der Waals surface area contributed by atoms with E-state index in [1.54, 1.807) is 24.3 Å². The van der Waals surface area contributed by atoms with Crippen molar-refractivity contribution < 1.29 is 9.53 Å². The van der Waals surface area contributed by atoms with Gasteiger partial charge in [0.2, 0.25) is 5.88 Å². The van der Waals surface area contributed by atoms with E-state index < -0.39 is 0 Å². The van der Waals surface area contributed by atoms with Gasteiger partial charge in [-0.05, 0) is 25.3 Å². The van der Waals surface area contributed by atoms with Crippen LogP contribution >= 0.6 is 11.8 Å². The minimum atomic E-state index is 0.446. The van der Waals surface area contributed by atoms with Gasteiger partial charge in [0.25, 0.3) is 0 Å². The first-order chi connectivity index (χ1) is 8.72. The summed E-state index contributed by atoms with van der Waals surface area (Å²) in [6, 6.07) is 8.77. The van der Waals surface area contributed by atoms with Gasteiger partial charge in [-0.1, -0.05) is 23.9 Å². The molecule has 0 bridgehead atoms. The Labute approximate surface area is 109 Å². The van der Waals surface area contributed by atoms with Gasteiger partial charge in [0, 0.05) is 11.8 Å². The number of carbonyl (C=O) groups excluding carboxylic acids is 1. The number of ether oxygens (including phenoxy) is 1. The molecule has 0 atom stereocenters. The minimum Gasteiger partial charge on any atom is -0.438 e. The number of rotatable bonds is 4. The molecule has 18 heavy (non-hydrogen) atoms. The number of nitrogens with zero attached hydrogens (tertiary/aromatic N) is 2. The molecule has 0 aliphatic heterocycles. The van der Waals surface area contributed by atoms with Crippen molar-refractivity contribution in [1.82, 2.24) is 9.97 Å². The molecule has 92 valence electrons. The van der Waals surface area contributed by atoms with Crippen molar-refractivity contribution >= 4 is 18.0 Å². The third-order valence-corrected chi connectivity index (χ3v) is 2.80. The predicted octanol–water partition coefficient (Wildman–Crippen LogP) is 3.11. The lowest BCUT2D eigenvalue weighted by atomic mass is 10.2. The van der Waals surface area contributed by atoms with Crippen molar-refractivity contribution in [2.45, 2.75) is 12.1 Å². The highest BCUT2D eigenvalue weighted by atomic mass is 32.2. The van der Waals surface area contributed by atoms with Gasteiger partial charge in [-0.3, -0.25) is 4.79 Å². The fourth-order valence-corrected chi connectivity index (χ4v) is 1.86. The molecule has 1 aromatic heterocycles. The molecule has 0 aliphatic carbocycles. The molecular formula is C13H12N2O2S. The molecule has 0 spiro atoms. The Morgan fingerprint density at radius 2 is 2.06 bits per heavy atom. The number of hydrogen-bond donors (Lipinski definition) is 0. The maximum absolute atomic E-state index is 10.9. The molecule has 0 fully saturated rings. The van der Waals surface area contributed by atoms with Crippen molar-refractivity contribution in [3.63, 3.8) is 0 Å². The van der Waals surface area contributed by atoms with Crippen LogP contribution in [-0.2, 0) is 0 Å². The number of carbonyl (C=O) groups is 1. The number of para-hydroxylation sites is 1. The molecular weight excluding hydrogens is 248 g/mol. The molecule has 0 aliphatic rings. The van der Waals surface area contributed by atoms with Crippen molar-refractivity contribution in [2.24, 2.45) is 0 Å². The van der Waals surface area contributed by atoms with Crippen LogP contribution in [0.15, 0.2) is 35.5 Å². The summed E-state index contributed by atoms with van der Waals surface area (Å²) in [6.07, 6.45) is 2.66. The van der Waals surface area contributed by atoms with Crippen molar-refractivity contribution in [3.8, 4) is 11.6 Å². The molecule has 2 aromatic rings. The Bertz CT molecular complexity index is 573. The van der Waals surface area contributed by atoms with E-state index in [1.807, 2.05) is 19.2 Å². The Morgan fingerprint density at radius 3 is 2.78 bits per heavy atom. The summed E-state index contributed by atoms with van der Waals surface area (Å²) in [5.74, 6) is 0.943. The second kappa shape index (κ2) is 5.64. The zero-order chi connectivity index (χ0) is 13.0. The molecule has 5 heteroatoms. The van der Waals surface area contributed by atoms with Crippen LogP contribution in [0, 0.1) is 6.92 Å². The van der Waals surface area contributed by atoms with Gasteiger partial charge in [-0.2, -0.15) is 4.98 Å². The van der Waals surface area contributed by atoms with E-state index in [-0.39, 0.29) is 0 Å². The molecule has 0 amide bonds. The first kappa shape index (κ1) is 12.6. The molecule has 2 rings (SSSR count). The van der Waals surface area contributed by atoms with Crippen LogP contribution in [0.3, 0.4) is 0 Å². The van der Waals surface area contributed by atoms with E-state index in [1.165, 1.54) is 11.8 Å². The Hall–Kier alpha value is -1.88. The van der Waals surface area contributed by atoms with Crippen LogP contribution in [0.5, 0.6) is 11.6 Å². The van der Waals surface area contributed by atoms with Crippen molar-refractivity contribution in [3.05, 3.63) is 41.6 Å². The summed E-state index contributed by atoms with van der Waals surface area (Å²) in [5.41, 5.74) is 1.33. The Kier molecular flexibility index (Phi) is 3.94. The fourth-order valence-electron chi connectivity index (χ4n) is 1.44. The minimum absolute atomic E-state index is 0.446. The number of hydrogen-bond acceptors (Lipinski definition) is 5. The quantitative estimate of drug-likeness (QED) is 0.480. The summed E-state index contributed by atoms with van der Waals surface area (Å²) in [4.78, 5) is 19.4. The number of aryl methyl sites for hydroxylation is 1. The van der Waals surface area contributed by atoms with Crippen LogP contribution in [0.4, 0.5) is 0 Å². The van der Waals surface area contributed by atoms with Gasteiger partial charge in [-0.15, -0.1) is 0 Å². The lowest BCUT2D eigenvalue weighted by Crippen LogP contribution is -1.96. The van der Waals surface area contributed by atoms with Gasteiger partial charge in [-0.25, -0.2) is 4.98 Å². The van der Waals surface area contributed by atoms with E-state index >= 15 is 0 Å². The highest BCUT2D eigenvalue weighted by Crippen LogP contribution is 2.24. The zero-order valence-electron chi connectivity index (χ0n) is 10.1. The average molecular weight is 260 g/mol. The van der Waals surface area contributed by atoms with E-state index in [2.05, 4.69) is 9.97 Å². The molecule has 1 heterocycles. The maximum Gasteiger partial charge on any atom is 0.223 e. The standard InChI is InChI=1S/C13H12N2O2S/c1-9-7-12(15-13(14-9)18-2)17-11-6-4-3-5-10(11)8-16/h3-8H,1-2H3. The van der Waals surface area contributed by atoms with Gasteiger partial charge in [0.05, 0.1) is 5.56 Å². The lowest BCUT2D eigenvalue weighted by molar-refractivity contribution is 0.112. The van der Waals surface area contributed by atoms with Crippen molar-refractivity contribution in [1.29, 1.82) is 0 Å². The molecule has 0 radical (unpaired) electrons. The lowest BCUT2D eigenvalue weighted by Gasteiger charge is -2.08. The van der Waals surface area contributed by atoms with Crippen molar-refractivity contribution in [2.75, 3.05) is 6.26 Å². The average Bonchev–Trinajstić information content (AvgIpc) is 2.38. The number of thioether (sulfide) groups is 1. The van der Waals surface area contributed by atoms with Crippen LogP contribution in [0.2, 0.25) is 0 Å². The summed E-state index contributed by atoms with van der Waals surface area (Å²) < 4.78 is 5.63. The van der Waals surface area contributed by atoms with Gasteiger partial charge in [0.15, 0.2) is 11.4 Å². The summed E-state index contributed by atoms with van der Waals surface area (Å²) >= 11 is 1.45. The number of aromatic nitrogens is 2. The molecule has 0 unspecified atom stereocenters. The normalized spacial score (nSPS) is 10.1. The summed E-state index contributed by atoms with van der Waals surface area (Å²) in [7, 11) is 0. The SMILES string of the molecule is CSc1nc(C)cc(Oc2ccccc2C=O)n1. The molecule has 0 saturated carbocycles. The largest absolute Gasteiger partial charge is 0.438 e. The first-order valence-corrected chi connectivity index (χ1v) is 6.57. The zero-order valence-corrected chi connectivity index (χ0v) is 10.9. The van der Waals surface area contributed by atoms with Crippen LogP contribution in [0.25, 0.3) is 0 Å². The second-order valence-corrected chi connectivity index (χ2v) is 4.37. The molecule has 0 N–H and O–H groups in total. The molecule has 0 saturated heterocycles. The Balaban J connectivity index is 2.33. The van der Waals surface area contributed by atoms with Crippen LogP contribution in [-0.4, -0.2) is 22.5 Å². The maximum atomic E-state index is 10.9.